The maximum atomic E-state index is 5.81. The lowest BCUT2D eigenvalue weighted by atomic mass is 9.94. The molecule has 2 N–H and O–H groups in total. The Morgan fingerprint density at radius 3 is 2.48 bits per heavy atom. The first-order chi connectivity index (χ1) is 11.9. The van der Waals surface area contributed by atoms with Gasteiger partial charge < -0.3 is 15.1 Å². The van der Waals surface area contributed by atoms with Gasteiger partial charge in [-0.1, -0.05) is 51.1 Å². The largest absolute Gasteiger partial charge is 0.443 e. The molecule has 25 heavy (non-hydrogen) atoms. The average Bonchev–Trinajstić information content (AvgIpc) is 3.23. The Morgan fingerprint density at radius 2 is 1.92 bits per heavy atom. The second-order valence-corrected chi connectivity index (χ2v) is 7.79. The van der Waals surface area contributed by atoms with E-state index in [0.29, 0.717) is 12.4 Å². The van der Waals surface area contributed by atoms with Gasteiger partial charge in [0.1, 0.15) is 5.76 Å². The summed E-state index contributed by atoms with van der Waals surface area (Å²) in [5.41, 5.74) is 1.63. The van der Waals surface area contributed by atoms with Gasteiger partial charge in [-0.15, -0.1) is 0 Å². The second kappa shape index (κ2) is 6.90. The summed E-state index contributed by atoms with van der Waals surface area (Å²) < 4.78 is 5.81. The molecular formula is C20H28N4O. The van der Waals surface area contributed by atoms with Crippen LogP contribution in [0.4, 0.5) is 0 Å². The van der Waals surface area contributed by atoms with E-state index in [0.717, 1.165) is 18.3 Å². The molecule has 1 aliphatic carbocycles. The number of hydrogen-bond donors (Lipinski definition) is 2. The molecule has 0 spiro atoms. The first-order valence-electron chi connectivity index (χ1n) is 8.88. The maximum absolute atomic E-state index is 5.81. The van der Waals surface area contributed by atoms with Gasteiger partial charge in [0.15, 0.2) is 5.96 Å². The summed E-state index contributed by atoms with van der Waals surface area (Å²) in [7, 11) is 1.79. The zero-order chi connectivity index (χ0) is 17.9. The molecule has 1 aromatic heterocycles. The minimum absolute atomic E-state index is 0.0286. The smallest absolute Gasteiger partial charge is 0.213 e. The van der Waals surface area contributed by atoms with Crippen LogP contribution in [0.1, 0.15) is 50.8 Å². The summed E-state index contributed by atoms with van der Waals surface area (Å²) in [4.78, 5) is 8.65. The van der Waals surface area contributed by atoms with Gasteiger partial charge in [-0.05, 0) is 18.4 Å². The van der Waals surface area contributed by atoms with Gasteiger partial charge in [0.05, 0.1) is 12.7 Å². The summed E-state index contributed by atoms with van der Waals surface area (Å²) in [5.74, 6) is 2.35. The van der Waals surface area contributed by atoms with Gasteiger partial charge in [0.2, 0.25) is 5.89 Å². The Morgan fingerprint density at radius 1 is 1.20 bits per heavy atom. The Hall–Kier alpha value is -2.30. The Kier molecular flexibility index (Phi) is 4.84. The summed E-state index contributed by atoms with van der Waals surface area (Å²) in [6, 6.07) is 10.7. The quantitative estimate of drug-likeness (QED) is 0.647. The van der Waals surface area contributed by atoms with Gasteiger partial charge in [-0.2, -0.15) is 0 Å². The molecule has 2 aromatic rings. The minimum atomic E-state index is -0.0286. The highest BCUT2D eigenvalue weighted by Gasteiger charge is 2.44. The van der Waals surface area contributed by atoms with E-state index in [-0.39, 0.29) is 10.8 Å². The SMILES string of the molecule is CN=C(NCc1ncc(C(C)(C)C)o1)NCC1(c2ccccc2)CC1. The van der Waals surface area contributed by atoms with Crippen LogP contribution in [0.3, 0.4) is 0 Å². The molecule has 5 heteroatoms. The van der Waals surface area contributed by atoms with Crippen LogP contribution in [0.15, 0.2) is 45.9 Å². The molecule has 1 heterocycles. The molecule has 5 nitrogen and oxygen atoms in total. The van der Waals surface area contributed by atoms with Crippen molar-refractivity contribution in [3.05, 3.63) is 53.7 Å². The molecule has 0 unspecified atom stereocenters. The zero-order valence-corrected chi connectivity index (χ0v) is 15.6. The number of aromatic nitrogens is 1. The normalized spacial score (nSPS) is 16.6. The van der Waals surface area contributed by atoms with Gasteiger partial charge in [-0.3, -0.25) is 4.99 Å². The molecule has 0 bridgehead atoms. The molecule has 0 amide bonds. The first-order valence-corrected chi connectivity index (χ1v) is 8.88. The predicted molar refractivity (Wildman–Crippen MR) is 101 cm³/mol. The highest BCUT2D eigenvalue weighted by Crippen LogP contribution is 2.47. The second-order valence-electron chi connectivity index (χ2n) is 7.79. The van der Waals surface area contributed by atoms with Gasteiger partial charge in [-0.25, -0.2) is 4.98 Å². The van der Waals surface area contributed by atoms with Gasteiger partial charge in [0.25, 0.3) is 0 Å². The van der Waals surface area contributed by atoms with Gasteiger partial charge in [0, 0.05) is 24.4 Å². The van der Waals surface area contributed by atoms with Crippen molar-refractivity contribution in [1.82, 2.24) is 15.6 Å². The minimum Gasteiger partial charge on any atom is -0.443 e. The lowest BCUT2D eigenvalue weighted by molar-refractivity contribution is 0.379. The van der Waals surface area contributed by atoms with E-state index in [1.807, 2.05) is 6.20 Å². The summed E-state index contributed by atoms with van der Waals surface area (Å²) in [5, 5.41) is 6.73. The third kappa shape index (κ3) is 4.21. The molecule has 3 rings (SSSR count). The molecule has 1 fully saturated rings. The molecule has 0 saturated heterocycles. The highest BCUT2D eigenvalue weighted by molar-refractivity contribution is 5.79. The van der Waals surface area contributed by atoms with Crippen LogP contribution in [0.5, 0.6) is 0 Å². The molecule has 0 aliphatic heterocycles. The molecule has 0 atom stereocenters. The Bertz CT molecular complexity index is 724. The van der Waals surface area contributed by atoms with E-state index in [9.17, 15) is 0 Å². The molecule has 0 radical (unpaired) electrons. The molecule has 1 aliphatic rings. The summed E-state index contributed by atoms with van der Waals surface area (Å²) in [6.45, 7) is 7.75. The third-order valence-electron chi connectivity index (χ3n) is 4.76. The number of oxazole rings is 1. The van der Waals surface area contributed by atoms with E-state index < -0.39 is 0 Å². The van der Waals surface area contributed by atoms with Crippen LogP contribution in [-0.4, -0.2) is 24.5 Å². The van der Waals surface area contributed by atoms with Crippen molar-refractivity contribution in [2.75, 3.05) is 13.6 Å². The number of hydrogen-bond acceptors (Lipinski definition) is 3. The standard InChI is InChI=1S/C20H28N4O/c1-19(2,3)16-12-22-17(25-16)13-23-18(21-4)24-14-20(10-11-20)15-8-6-5-7-9-15/h5-9,12H,10-11,13-14H2,1-4H3,(H2,21,23,24). The summed E-state index contributed by atoms with van der Waals surface area (Å²) in [6.07, 6.45) is 4.24. The molecular weight excluding hydrogens is 312 g/mol. The fourth-order valence-electron chi connectivity index (χ4n) is 2.88. The summed E-state index contributed by atoms with van der Waals surface area (Å²) >= 11 is 0. The predicted octanol–water partition coefficient (Wildman–Crippen LogP) is 3.37. The molecule has 1 saturated carbocycles. The zero-order valence-electron chi connectivity index (χ0n) is 15.6. The number of nitrogens with zero attached hydrogens (tertiary/aromatic N) is 2. The van der Waals surface area contributed by atoms with Crippen molar-refractivity contribution in [3.63, 3.8) is 0 Å². The van der Waals surface area contributed by atoms with E-state index >= 15 is 0 Å². The van der Waals surface area contributed by atoms with E-state index in [2.05, 4.69) is 71.7 Å². The van der Waals surface area contributed by atoms with Crippen molar-refractivity contribution in [3.8, 4) is 0 Å². The topological polar surface area (TPSA) is 62.5 Å². The van der Waals surface area contributed by atoms with Crippen molar-refractivity contribution in [2.45, 2.75) is 51.0 Å². The van der Waals surface area contributed by atoms with Crippen LogP contribution in [0, 0.1) is 0 Å². The third-order valence-corrected chi connectivity index (χ3v) is 4.76. The highest BCUT2D eigenvalue weighted by atomic mass is 16.4. The van der Waals surface area contributed by atoms with Crippen LogP contribution >= 0.6 is 0 Å². The number of aliphatic imine (C=N–C) groups is 1. The number of rotatable bonds is 5. The van der Waals surface area contributed by atoms with E-state index in [1.165, 1.54) is 18.4 Å². The fourth-order valence-corrected chi connectivity index (χ4v) is 2.88. The number of benzene rings is 1. The Labute approximate surface area is 150 Å². The van der Waals surface area contributed by atoms with Crippen LogP contribution in [-0.2, 0) is 17.4 Å². The lowest BCUT2D eigenvalue weighted by Crippen LogP contribution is -2.40. The van der Waals surface area contributed by atoms with Crippen LogP contribution in [0.2, 0.25) is 0 Å². The van der Waals surface area contributed by atoms with E-state index in [4.69, 9.17) is 4.42 Å². The van der Waals surface area contributed by atoms with E-state index in [1.54, 1.807) is 7.05 Å². The molecule has 134 valence electrons. The maximum Gasteiger partial charge on any atom is 0.213 e. The molecule has 1 aromatic carbocycles. The Balaban J connectivity index is 1.53. The van der Waals surface area contributed by atoms with Crippen LogP contribution < -0.4 is 10.6 Å². The lowest BCUT2D eigenvalue weighted by Gasteiger charge is -2.18. The van der Waals surface area contributed by atoms with Crippen molar-refractivity contribution in [2.24, 2.45) is 4.99 Å². The van der Waals surface area contributed by atoms with Crippen LogP contribution in [0.25, 0.3) is 0 Å². The van der Waals surface area contributed by atoms with Crippen molar-refractivity contribution < 1.29 is 4.42 Å². The fraction of sp³-hybridized carbons (Fsp3) is 0.500. The number of guanidine groups is 1. The van der Waals surface area contributed by atoms with Crippen molar-refractivity contribution >= 4 is 5.96 Å². The average molecular weight is 340 g/mol. The van der Waals surface area contributed by atoms with Gasteiger partial charge >= 0.3 is 0 Å². The van der Waals surface area contributed by atoms with Crippen molar-refractivity contribution in [1.29, 1.82) is 0 Å². The number of nitrogens with one attached hydrogen (secondary N) is 2. The monoisotopic (exact) mass is 340 g/mol. The first kappa shape index (κ1) is 17.5.